The molecule has 0 radical (unpaired) electrons. The number of carbonyl (C=O) groups is 1. The number of carbonyl (C=O) groups excluding carboxylic acids is 1. The molecule has 2 heterocycles. The van der Waals surface area contributed by atoms with Gasteiger partial charge in [-0.25, -0.2) is 0 Å². The van der Waals surface area contributed by atoms with Gasteiger partial charge in [0.05, 0.1) is 5.41 Å². The normalized spacial score (nSPS) is 19.6. The van der Waals surface area contributed by atoms with Crippen LogP contribution in [0.3, 0.4) is 0 Å². The van der Waals surface area contributed by atoms with Crippen molar-refractivity contribution in [1.29, 1.82) is 0 Å². The van der Waals surface area contributed by atoms with Crippen LogP contribution in [0.1, 0.15) is 37.7 Å². The van der Waals surface area contributed by atoms with Crippen molar-refractivity contribution in [2.24, 2.45) is 7.05 Å². The molecule has 0 atom stereocenters. The highest BCUT2D eigenvalue weighted by molar-refractivity contribution is 6.06. The molecule has 21 heavy (non-hydrogen) atoms. The summed E-state index contributed by atoms with van der Waals surface area (Å²) in [6.07, 6.45) is 7.59. The average molecular weight is 280 g/mol. The second-order valence-corrected chi connectivity index (χ2v) is 6.36. The van der Waals surface area contributed by atoms with Crippen LogP contribution in [0.5, 0.6) is 0 Å². The van der Waals surface area contributed by atoms with E-state index in [4.69, 9.17) is 0 Å². The Bertz CT molecular complexity index is 708. The summed E-state index contributed by atoms with van der Waals surface area (Å²) in [5.41, 5.74) is 4.35. The third kappa shape index (κ3) is 1.76. The Labute approximate surface area is 125 Å². The van der Waals surface area contributed by atoms with Gasteiger partial charge in [0.1, 0.15) is 0 Å². The first-order valence-corrected chi connectivity index (χ1v) is 7.78. The highest BCUT2D eigenvalue weighted by atomic mass is 16.2. The lowest BCUT2D eigenvalue weighted by molar-refractivity contribution is -0.121. The molecular formula is C18H20N2O. The van der Waals surface area contributed by atoms with E-state index in [0.29, 0.717) is 0 Å². The summed E-state index contributed by atoms with van der Waals surface area (Å²) in [5.74, 6) is 0.209. The molecule has 4 rings (SSSR count). The summed E-state index contributed by atoms with van der Waals surface area (Å²) in [6.45, 7) is 0. The molecule has 2 aliphatic rings. The fraction of sp³-hybridized carbons (Fsp3) is 0.389. The maximum Gasteiger partial charge on any atom is 0.235 e. The number of nitrogens with one attached hydrogen (secondary N) is 1. The molecule has 1 amide bonds. The molecule has 1 aliphatic carbocycles. The number of fused-ring (bicyclic) bond motifs is 2. The Morgan fingerprint density at radius 2 is 1.95 bits per heavy atom. The number of anilines is 1. The van der Waals surface area contributed by atoms with Gasteiger partial charge < -0.3 is 9.88 Å². The van der Waals surface area contributed by atoms with Gasteiger partial charge in [0.25, 0.3) is 0 Å². The van der Waals surface area contributed by atoms with E-state index >= 15 is 0 Å². The van der Waals surface area contributed by atoms with E-state index in [2.05, 4.69) is 53.5 Å². The largest absolute Gasteiger partial charge is 0.351 e. The van der Waals surface area contributed by atoms with Gasteiger partial charge in [0, 0.05) is 24.6 Å². The molecule has 3 nitrogen and oxygen atoms in total. The van der Waals surface area contributed by atoms with E-state index in [1.54, 1.807) is 0 Å². The Morgan fingerprint density at radius 3 is 2.67 bits per heavy atom. The quantitative estimate of drug-likeness (QED) is 0.846. The standard InChI is InChI=1S/C18H20N2O/c1-20-11-5-6-16(20)13-7-8-15-14(12-13)18(17(21)19-15)9-3-2-4-10-18/h5-8,11-12H,2-4,9-10H2,1H3,(H,19,21). The van der Waals surface area contributed by atoms with Gasteiger partial charge in [-0.3, -0.25) is 4.79 Å². The molecule has 1 aliphatic heterocycles. The summed E-state index contributed by atoms with van der Waals surface area (Å²) in [7, 11) is 2.06. The third-order valence-corrected chi connectivity index (χ3v) is 5.16. The van der Waals surface area contributed by atoms with E-state index < -0.39 is 0 Å². The molecule has 3 heteroatoms. The first-order valence-electron chi connectivity index (χ1n) is 7.78. The van der Waals surface area contributed by atoms with E-state index in [-0.39, 0.29) is 11.3 Å². The maximum absolute atomic E-state index is 12.6. The smallest absolute Gasteiger partial charge is 0.235 e. The molecule has 0 bridgehead atoms. The van der Waals surface area contributed by atoms with Crippen LogP contribution in [0, 0.1) is 0 Å². The molecule has 1 aromatic carbocycles. The van der Waals surface area contributed by atoms with Gasteiger partial charge in [0.2, 0.25) is 5.91 Å². The van der Waals surface area contributed by atoms with Crippen molar-refractivity contribution < 1.29 is 4.79 Å². The van der Waals surface area contributed by atoms with Gasteiger partial charge in [0.15, 0.2) is 0 Å². The van der Waals surface area contributed by atoms with Crippen molar-refractivity contribution in [3.8, 4) is 11.3 Å². The van der Waals surface area contributed by atoms with Crippen LogP contribution in [0.2, 0.25) is 0 Å². The van der Waals surface area contributed by atoms with Crippen molar-refractivity contribution in [2.75, 3.05) is 5.32 Å². The number of benzene rings is 1. The van der Waals surface area contributed by atoms with Gasteiger partial charge in [-0.15, -0.1) is 0 Å². The van der Waals surface area contributed by atoms with E-state index in [9.17, 15) is 4.79 Å². The average Bonchev–Trinajstić information content (AvgIpc) is 3.04. The molecule has 0 saturated heterocycles. The Hall–Kier alpha value is -2.03. The lowest BCUT2D eigenvalue weighted by atomic mass is 9.70. The van der Waals surface area contributed by atoms with Crippen molar-refractivity contribution in [3.05, 3.63) is 42.1 Å². The summed E-state index contributed by atoms with van der Waals surface area (Å²) >= 11 is 0. The van der Waals surface area contributed by atoms with Crippen molar-refractivity contribution in [3.63, 3.8) is 0 Å². The highest BCUT2D eigenvalue weighted by Crippen LogP contribution is 2.48. The second kappa shape index (κ2) is 4.48. The van der Waals surface area contributed by atoms with Gasteiger partial charge in [-0.2, -0.15) is 0 Å². The lowest BCUT2D eigenvalue weighted by Crippen LogP contribution is -2.36. The molecule has 1 fully saturated rings. The molecular weight excluding hydrogens is 260 g/mol. The number of aryl methyl sites for hydroxylation is 1. The Morgan fingerprint density at radius 1 is 1.14 bits per heavy atom. The van der Waals surface area contributed by atoms with Crippen molar-refractivity contribution in [1.82, 2.24) is 4.57 Å². The predicted molar refractivity (Wildman–Crippen MR) is 84.2 cm³/mol. The monoisotopic (exact) mass is 280 g/mol. The Kier molecular flexibility index (Phi) is 2.71. The minimum atomic E-state index is -0.269. The van der Waals surface area contributed by atoms with Gasteiger partial charge >= 0.3 is 0 Å². The van der Waals surface area contributed by atoms with Crippen LogP contribution in [-0.2, 0) is 17.3 Å². The number of amides is 1. The zero-order valence-corrected chi connectivity index (χ0v) is 12.4. The third-order valence-electron chi connectivity index (χ3n) is 5.16. The first-order chi connectivity index (χ1) is 10.2. The van der Waals surface area contributed by atoms with E-state index in [1.807, 2.05) is 0 Å². The van der Waals surface area contributed by atoms with E-state index in [1.165, 1.54) is 23.2 Å². The molecule has 1 aromatic heterocycles. The predicted octanol–water partition coefficient (Wildman–Crippen LogP) is 3.85. The van der Waals surface area contributed by atoms with Crippen molar-refractivity contribution in [2.45, 2.75) is 37.5 Å². The number of nitrogens with zero attached hydrogens (tertiary/aromatic N) is 1. The van der Waals surface area contributed by atoms with Crippen LogP contribution in [0.15, 0.2) is 36.5 Å². The van der Waals surface area contributed by atoms with Crippen molar-refractivity contribution >= 4 is 11.6 Å². The zero-order chi connectivity index (χ0) is 14.4. The molecule has 1 spiro atoms. The first kappa shape index (κ1) is 12.7. The molecule has 2 aromatic rings. The van der Waals surface area contributed by atoms with Crippen LogP contribution >= 0.6 is 0 Å². The number of aromatic nitrogens is 1. The Balaban J connectivity index is 1.85. The summed E-state index contributed by atoms with van der Waals surface area (Å²) in [6, 6.07) is 10.6. The van der Waals surface area contributed by atoms with Crippen LogP contribution < -0.4 is 5.32 Å². The second-order valence-electron chi connectivity index (χ2n) is 6.36. The summed E-state index contributed by atoms with van der Waals surface area (Å²) in [5, 5.41) is 3.10. The summed E-state index contributed by atoms with van der Waals surface area (Å²) in [4.78, 5) is 12.6. The zero-order valence-electron chi connectivity index (χ0n) is 12.4. The fourth-order valence-electron chi connectivity index (χ4n) is 3.99. The van der Waals surface area contributed by atoms with Gasteiger partial charge in [-0.1, -0.05) is 25.3 Å². The molecule has 108 valence electrons. The number of rotatable bonds is 1. The minimum Gasteiger partial charge on any atom is -0.351 e. The topological polar surface area (TPSA) is 34.0 Å². The highest BCUT2D eigenvalue weighted by Gasteiger charge is 2.47. The molecule has 0 unspecified atom stereocenters. The number of hydrogen-bond acceptors (Lipinski definition) is 1. The van der Waals surface area contributed by atoms with Crippen LogP contribution in [0.4, 0.5) is 5.69 Å². The maximum atomic E-state index is 12.6. The summed E-state index contributed by atoms with van der Waals surface area (Å²) < 4.78 is 2.12. The molecule has 1 N–H and O–H groups in total. The number of hydrogen-bond donors (Lipinski definition) is 1. The van der Waals surface area contributed by atoms with Crippen LogP contribution in [-0.4, -0.2) is 10.5 Å². The minimum absolute atomic E-state index is 0.209. The SMILES string of the molecule is Cn1cccc1-c1ccc2c(c1)C1(CCCCC1)C(=O)N2. The van der Waals surface area contributed by atoms with Gasteiger partial charge in [-0.05, 0) is 48.2 Å². The molecule has 1 saturated carbocycles. The van der Waals surface area contributed by atoms with Crippen LogP contribution in [0.25, 0.3) is 11.3 Å². The van der Waals surface area contributed by atoms with E-state index in [0.717, 1.165) is 31.4 Å². The fourth-order valence-corrected chi connectivity index (χ4v) is 3.99. The lowest BCUT2D eigenvalue weighted by Gasteiger charge is -2.31.